The molecule has 0 spiro atoms. The number of benzene rings is 1. The van der Waals surface area contributed by atoms with Crippen LogP contribution in [0.25, 0.3) is 0 Å². The molecule has 0 radical (unpaired) electrons. The van der Waals surface area contributed by atoms with Gasteiger partial charge in [0.2, 0.25) is 5.91 Å². The highest BCUT2D eigenvalue weighted by atomic mass is 16.5. The lowest BCUT2D eigenvalue weighted by atomic mass is 10.2. The van der Waals surface area contributed by atoms with Gasteiger partial charge < -0.3 is 20.7 Å². The molecule has 17 heavy (non-hydrogen) atoms. The van der Waals surface area contributed by atoms with Gasteiger partial charge in [0.05, 0.1) is 18.5 Å². The minimum Gasteiger partial charge on any atom is -0.497 e. The molecule has 0 saturated carbocycles. The van der Waals surface area contributed by atoms with Gasteiger partial charge in [0.1, 0.15) is 5.75 Å². The van der Waals surface area contributed by atoms with Crippen LogP contribution in [-0.2, 0) is 4.79 Å². The van der Waals surface area contributed by atoms with E-state index in [1.807, 2.05) is 24.1 Å². The summed E-state index contributed by atoms with van der Waals surface area (Å²) in [5, 5.41) is 2.59. The highest BCUT2D eigenvalue weighted by Crippen LogP contribution is 2.27. The van der Waals surface area contributed by atoms with Gasteiger partial charge in [-0.25, -0.2) is 0 Å². The van der Waals surface area contributed by atoms with E-state index in [-0.39, 0.29) is 5.91 Å². The number of methoxy groups -OCH3 is 1. The molecule has 0 heterocycles. The number of hydrogen-bond donors (Lipinski definition) is 2. The zero-order valence-corrected chi connectivity index (χ0v) is 10.5. The first-order valence-corrected chi connectivity index (χ1v) is 5.43. The summed E-state index contributed by atoms with van der Waals surface area (Å²) in [6.07, 6.45) is 0.434. The fourth-order valence-corrected chi connectivity index (χ4v) is 1.50. The zero-order valence-electron chi connectivity index (χ0n) is 10.5. The first-order chi connectivity index (χ1) is 8.08. The van der Waals surface area contributed by atoms with Crippen molar-refractivity contribution in [2.75, 3.05) is 38.4 Å². The van der Waals surface area contributed by atoms with Crippen LogP contribution >= 0.6 is 0 Å². The van der Waals surface area contributed by atoms with E-state index in [1.54, 1.807) is 20.2 Å². The number of nitrogens with two attached hydrogens (primary N) is 1. The number of nitrogen functional groups attached to an aromatic ring is 1. The van der Waals surface area contributed by atoms with Crippen molar-refractivity contribution in [3.05, 3.63) is 18.2 Å². The number of carbonyl (C=O) groups excluding carboxylic acids is 1. The third kappa shape index (κ3) is 3.55. The average Bonchev–Trinajstić information content (AvgIpc) is 2.36. The average molecular weight is 237 g/mol. The molecular formula is C12H19N3O2. The maximum Gasteiger partial charge on any atom is 0.221 e. The van der Waals surface area contributed by atoms with Gasteiger partial charge in [-0.05, 0) is 12.1 Å². The molecule has 1 amide bonds. The van der Waals surface area contributed by atoms with Gasteiger partial charge in [-0.1, -0.05) is 0 Å². The second-order valence-electron chi connectivity index (χ2n) is 3.77. The topological polar surface area (TPSA) is 67.6 Å². The Labute approximate surface area is 102 Å². The van der Waals surface area contributed by atoms with Crippen molar-refractivity contribution in [1.29, 1.82) is 0 Å². The summed E-state index contributed by atoms with van der Waals surface area (Å²) >= 11 is 0. The van der Waals surface area contributed by atoms with Crippen LogP contribution in [0.15, 0.2) is 18.2 Å². The number of carbonyl (C=O) groups is 1. The van der Waals surface area contributed by atoms with Gasteiger partial charge in [0.25, 0.3) is 0 Å². The molecular weight excluding hydrogens is 218 g/mol. The van der Waals surface area contributed by atoms with E-state index in [0.29, 0.717) is 18.7 Å². The van der Waals surface area contributed by atoms with Gasteiger partial charge in [0.15, 0.2) is 0 Å². The van der Waals surface area contributed by atoms with Crippen LogP contribution < -0.4 is 20.7 Å². The smallest absolute Gasteiger partial charge is 0.221 e. The van der Waals surface area contributed by atoms with E-state index in [0.717, 1.165) is 11.4 Å². The molecule has 1 aromatic carbocycles. The van der Waals surface area contributed by atoms with E-state index in [1.165, 1.54) is 0 Å². The molecule has 1 aromatic rings. The third-order valence-electron chi connectivity index (χ3n) is 2.60. The molecule has 0 aliphatic rings. The lowest BCUT2D eigenvalue weighted by Gasteiger charge is -2.21. The van der Waals surface area contributed by atoms with Crippen molar-refractivity contribution >= 4 is 17.3 Å². The molecule has 0 saturated heterocycles. The Morgan fingerprint density at radius 2 is 2.24 bits per heavy atom. The number of rotatable bonds is 5. The number of anilines is 2. The number of nitrogens with one attached hydrogen (secondary N) is 1. The summed E-state index contributed by atoms with van der Waals surface area (Å²) in [6.45, 7) is 0.608. The quantitative estimate of drug-likeness (QED) is 0.745. The van der Waals surface area contributed by atoms with Crippen LogP contribution in [0.2, 0.25) is 0 Å². The van der Waals surface area contributed by atoms with Gasteiger partial charge in [0, 0.05) is 33.1 Å². The minimum absolute atomic E-state index is 0.0123. The van der Waals surface area contributed by atoms with E-state index in [9.17, 15) is 4.79 Å². The summed E-state index contributed by atoms with van der Waals surface area (Å²) in [5.41, 5.74) is 7.43. The highest BCUT2D eigenvalue weighted by molar-refractivity contribution is 5.77. The molecule has 3 N–H and O–H groups in total. The van der Waals surface area contributed by atoms with Crippen LogP contribution in [0.1, 0.15) is 6.42 Å². The van der Waals surface area contributed by atoms with Crippen molar-refractivity contribution < 1.29 is 9.53 Å². The predicted octanol–water partition coefficient (Wildman–Crippen LogP) is 0.850. The van der Waals surface area contributed by atoms with Crippen LogP contribution in [0.5, 0.6) is 5.75 Å². The van der Waals surface area contributed by atoms with Crippen LogP contribution in [0.3, 0.4) is 0 Å². The molecule has 5 heteroatoms. The second-order valence-corrected chi connectivity index (χ2v) is 3.77. The summed E-state index contributed by atoms with van der Waals surface area (Å²) in [6, 6.07) is 5.47. The van der Waals surface area contributed by atoms with E-state index >= 15 is 0 Å². The van der Waals surface area contributed by atoms with Crippen molar-refractivity contribution in [3.63, 3.8) is 0 Å². The molecule has 0 aliphatic carbocycles. The summed E-state index contributed by atoms with van der Waals surface area (Å²) < 4.78 is 5.15. The second kappa shape index (κ2) is 5.98. The van der Waals surface area contributed by atoms with Gasteiger partial charge >= 0.3 is 0 Å². The molecule has 1 rings (SSSR count). The first-order valence-electron chi connectivity index (χ1n) is 5.43. The zero-order chi connectivity index (χ0) is 12.8. The Morgan fingerprint density at radius 3 is 2.82 bits per heavy atom. The largest absolute Gasteiger partial charge is 0.497 e. The van der Waals surface area contributed by atoms with Crippen molar-refractivity contribution in [1.82, 2.24) is 5.32 Å². The SMILES string of the molecule is CNC(=O)CCN(C)c1cc(OC)ccc1N. The Balaban J connectivity index is 2.73. The fourth-order valence-electron chi connectivity index (χ4n) is 1.50. The molecule has 0 aromatic heterocycles. The number of amides is 1. The fraction of sp³-hybridized carbons (Fsp3) is 0.417. The van der Waals surface area contributed by atoms with Crippen molar-refractivity contribution in [3.8, 4) is 5.75 Å². The monoisotopic (exact) mass is 237 g/mol. The van der Waals surface area contributed by atoms with Crippen LogP contribution in [0, 0.1) is 0 Å². The first kappa shape index (κ1) is 13.2. The van der Waals surface area contributed by atoms with Crippen molar-refractivity contribution in [2.24, 2.45) is 0 Å². The Bertz CT molecular complexity index is 393. The molecule has 5 nitrogen and oxygen atoms in total. The number of ether oxygens (including phenoxy) is 1. The lowest BCUT2D eigenvalue weighted by Crippen LogP contribution is -2.26. The molecule has 0 unspecified atom stereocenters. The molecule has 0 atom stereocenters. The number of nitrogens with zero attached hydrogens (tertiary/aromatic N) is 1. The molecule has 0 fully saturated rings. The van der Waals surface area contributed by atoms with Gasteiger partial charge in [-0.3, -0.25) is 4.79 Å². The Kier molecular flexibility index (Phi) is 4.63. The summed E-state index contributed by atoms with van der Waals surface area (Å²) in [5.74, 6) is 0.763. The Morgan fingerprint density at radius 1 is 1.53 bits per heavy atom. The van der Waals surface area contributed by atoms with E-state index in [4.69, 9.17) is 10.5 Å². The molecule has 0 bridgehead atoms. The van der Waals surface area contributed by atoms with Crippen molar-refractivity contribution in [2.45, 2.75) is 6.42 Å². The summed E-state index contributed by atoms with van der Waals surface area (Å²) in [4.78, 5) is 13.1. The maximum absolute atomic E-state index is 11.2. The summed E-state index contributed by atoms with van der Waals surface area (Å²) in [7, 11) is 5.14. The molecule has 94 valence electrons. The van der Waals surface area contributed by atoms with Crippen LogP contribution in [-0.4, -0.2) is 33.7 Å². The van der Waals surface area contributed by atoms with E-state index in [2.05, 4.69) is 5.32 Å². The van der Waals surface area contributed by atoms with Gasteiger partial charge in [-0.2, -0.15) is 0 Å². The minimum atomic E-state index is 0.0123. The predicted molar refractivity (Wildman–Crippen MR) is 69.4 cm³/mol. The van der Waals surface area contributed by atoms with Gasteiger partial charge in [-0.15, -0.1) is 0 Å². The van der Waals surface area contributed by atoms with Crippen LogP contribution in [0.4, 0.5) is 11.4 Å². The standard InChI is InChI=1S/C12H19N3O2/c1-14-12(16)6-7-15(2)11-8-9(17-3)4-5-10(11)13/h4-5,8H,6-7,13H2,1-3H3,(H,14,16). The lowest BCUT2D eigenvalue weighted by molar-refractivity contribution is -0.120. The van der Waals surface area contributed by atoms with E-state index < -0.39 is 0 Å². The highest BCUT2D eigenvalue weighted by Gasteiger charge is 2.08. The normalized spacial score (nSPS) is 9.82. The maximum atomic E-state index is 11.2. The number of hydrogen-bond acceptors (Lipinski definition) is 4. The Hall–Kier alpha value is -1.91. The third-order valence-corrected chi connectivity index (χ3v) is 2.60. The molecule has 0 aliphatic heterocycles.